The number of hydrogen-bond donors (Lipinski definition) is 1. The van der Waals surface area contributed by atoms with E-state index in [-0.39, 0.29) is 11.3 Å². The van der Waals surface area contributed by atoms with Crippen LogP contribution in [0.5, 0.6) is 0 Å². The summed E-state index contributed by atoms with van der Waals surface area (Å²) in [5.74, 6) is 0.619. The SMILES string of the molecule is Cc1ccc(Nc2nc(Cl)nc3c2ncn3C(C)C)cc1. The molecule has 2 heterocycles. The highest BCUT2D eigenvalue weighted by molar-refractivity contribution is 6.28. The molecule has 1 N–H and O–H groups in total. The van der Waals surface area contributed by atoms with Crippen LogP contribution in [0.1, 0.15) is 25.5 Å². The molecule has 0 bridgehead atoms. The van der Waals surface area contributed by atoms with E-state index in [1.165, 1.54) is 5.56 Å². The van der Waals surface area contributed by atoms with Crippen LogP contribution in [-0.4, -0.2) is 19.5 Å². The second-order valence-electron chi connectivity index (χ2n) is 5.25. The minimum absolute atomic E-state index is 0.208. The number of aryl methyl sites for hydroxylation is 1. The number of rotatable bonds is 3. The molecule has 0 aliphatic rings. The summed E-state index contributed by atoms with van der Waals surface area (Å²) < 4.78 is 1.98. The molecule has 1 aromatic carbocycles. The van der Waals surface area contributed by atoms with E-state index in [1.54, 1.807) is 6.33 Å². The van der Waals surface area contributed by atoms with Crippen LogP contribution in [0.25, 0.3) is 11.2 Å². The van der Waals surface area contributed by atoms with Gasteiger partial charge in [-0.15, -0.1) is 0 Å². The smallest absolute Gasteiger partial charge is 0.226 e. The lowest BCUT2D eigenvalue weighted by Gasteiger charge is -2.09. The number of anilines is 2. The first-order valence-electron chi connectivity index (χ1n) is 6.78. The highest BCUT2D eigenvalue weighted by atomic mass is 35.5. The summed E-state index contributed by atoms with van der Waals surface area (Å²) in [7, 11) is 0. The molecule has 0 spiro atoms. The van der Waals surface area contributed by atoms with E-state index < -0.39 is 0 Å². The van der Waals surface area contributed by atoms with Crippen LogP contribution in [0, 0.1) is 6.92 Å². The second-order valence-corrected chi connectivity index (χ2v) is 5.59. The van der Waals surface area contributed by atoms with Crippen molar-refractivity contribution in [2.24, 2.45) is 0 Å². The molecule has 3 aromatic rings. The Labute approximate surface area is 128 Å². The second kappa shape index (κ2) is 5.33. The molecule has 0 amide bonds. The molecule has 6 heteroatoms. The van der Waals surface area contributed by atoms with E-state index in [2.05, 4.69) is 34.1 Å². The number of nitrogens with one attached hydrogen (secondary N) is 1. The summed E-state index contributed by atoms with van der Waals surface area (Å²) >= 11 is 6.05. The molecular formula is C15H16ClN5. The molecule has 2 aromatic heterocycles. The van der Waals surface area contributed by atoms with Gasteiger partial charge in [0.25, 0.3) is 0 Å². The molecule has 5 nitrogen and oxygen atoms in total. The van der Waals surface area contributed by atoms with Gasteiger partial charge in [0, 0.05) is 11.7 Å². The maximum atomic E-state index is 6.05. The zero-order chi connectivity index (χ0) is 15.0. The van der Waals surface area contributed by atoms with Crippen molar-refractivity contribution in [3.63, 3.8) is 0 Å². The van der Waals surface area contributed by atoms with E-state index in [0.717, 1.165) is 11.3 Å². The topological polar surface area (TPSA) is 55.6 Å². The Bertz CT molecular complexity index is 777. The molecular weight excluding hydrogens is 286 g/mol. The summed E-state index contributed by atoms with van der Waals surface area (Å²) in [6.45, 7) is 6.20. The third-order valence-corrected chi connectivity index (χ3v) is 3.43. The van der Waals surface area contributed by atoms with Crippen molar-refractivity contribution < 1.29 is 0 Å². The quantitative estimate of drug-likeness (QED) is 0.740. The van der Waals surface area contributed by atoms with Crippen molar-refractivity contribution in [1.82, 2.24) is 19.5 Å². The number of nitrogens with zero attached hydrogens (tertiary/aromatic N) is 4. The van der Waals surface area contributed by atoms with Crippen molar-refractivity contribution in [3.8, 4) is 0 Å². The van der Waals surface area contributed by atoms with Crippen LogP contribution in [0.4, 0.5) is 11.5 Å². The fourth-order valence-corrected chi connectivity index (χ4v) is 2.29. The number of fused-ring (bicyclic) bond motifs is 1. The minimum atomic E-state index is 0.208. The van der Waals surface area contributed by atoms with Crippen LogP contribution in [-0.2, 0) is 0 Å². The Kier molecular flexibility index (Phi) is 3.51. The largest absolute Gasteiger partial charge is 0.338 e. The van der Waals surface area contributed by atoms with Gasteiger partial charge in [-0.1, -0.05) is 17.7 Å². The highest BCUT2D eigenvalue weighted by Crippen LogP contribution is 2.25. The Morgan fingerprint density at radius 2 is 1.86 bits per heavy atom. The molecule has 0 radical (unpaired) electrons. The lowest BCUT2D eigenvalue weighted by Crippen LogP contribution is -2.02. The Balaban J connectivity index is 2.07. The predicted molar refractivity (Wildman–Crippen MR) is 85.2 cm³/mol. The van der Waals surface area contributed by atoms with Gasteiger partial charge < -0.3 is 9.88 Å². The lowest BCUT2D eigenvalue weighted by molar-refractivity contribution is 0.612. The fraction of sp³-hybridized carbons (Fsp3) is 0.267. The van der Waals surface area contributed by atoms with Crippen LogP contribution < -0.4 is 5.32 Å². The van der Waals surface area contributed by atoms with Gasteiger partial charge in [-0.25, -0.2) is 4.98 Å². The number of benzene rings is 1. The van der Waals surface area contributed by atoms with Gasteiger partial charge in [0.1, 0.15) is 0 Å². The molecule has 3 rings (SSSR count). The first kappa shape index (κ1) is 13.8. The third kappa shape index (κ3) is 2.69. The van der Waals surface area contributed by atoms with E-state index in [1.807, 2.05) is 35.8 Å². The molecule has 0 atom stereocenters. The summed E-state index contributed by atoms with van der Waals surface area (Å²) in [6.07, 6.45) is 1.76. The van der Waals surface area contributed by atoms with Gasteiger partial charge in [0.05, 0.1) is 6.33 Å². The van der Waals surface area contributed by atoms with Gasteiger partial charge >= 0.3 is 0 Å². The van der Waals surface area contributed by atoms with E-state index >= 15 is 0 Å². The Hall–Kier alpha value is -2.14. The van der Waals surface area contributed by atoms with Gasteiger partial charge in [0.15, 0.2) is 17.0 Å². The van der Waals surface area contributed by atoms with Gasteiger partial charge in [-0.2, -0.15) is 9.97 Å². The van der Waals surface area contributed by atoms with Crippen molar-refractivity contribution in [3.05, 3.63) is 41.4 Å². The molecule has 0 saturated heterocycles. The maximum absolute atomic E-state index is 6.05. The molecule has 21 heavy (non-hydrogen) atoms. The average molecular weight is 302 g/mol. The Morgan fingerprint density at radius 1 is 1.14 bits per heavy atom. The first-order chi connectivity index (χ1) is 10.0. The van der Waals surface area contributed by atoms with Crippen LogP contribution in [0.15, 0.2) is 30.6 Å². The zero-order valence-electron chi connectivity index (χ0n) is 12.1. The van der Waals surface area contributed by atoms with Crippen molar-refractivity contribution in [1.29, 1.82) is 0 Å². The molecule has 0 aliphatic carbocycles. The minimum Gasteiger partial charge on any atom is -0.338 e. The van der Waals surface area contributed by atoms with Gasteiger partial charge in [-0.3, -0.25) is 0 Å². The van der Waals surface area contributed by atoms with Crippen molar-refractivity contribution in [2.75, 3.05) is 5.32 Å². The Morgan fingerprint density at radius 3 is 2.52 bits per heavy atom. The number of imidazole rings is 1. The molecule has 0 aliphatic heterocycles. The van der Waals surface area contributed by atoms with Crippen molar-refractivity contribution >= 4 is 34.3 Å². The molecule has 0 unspecified atom stereocenters. The predicted octanol–water partition coefficient (Wildman–Crippen LogP) is 4.11. The number of aromatic nitrogens is 4. The monoisotopic (exact) mass is 301 g/mol. The summed E-state index contributed by atoms with van der Waals surface area (Å²) in [5.41, 5.74) is 3.60. The lowest BCUT2D eigenvalue weighted by atomic mass is 10.2. The first-order valence-corrected chi connectivity index (χ1v) is 7.16. The normalized spacial score (nSPS) is 11.3. The average Bonchev–Trinajstić information content (AvgIpc) is 2.85. The zero-order valence-corrected chi connectivity index (χ0v) is 12.9. The van der Waals surface area contributed by atoms with Gasteiger partial charge in [-0.05, 0) is 44.5 Å². The number of hydrogen-bond acceptors (Lipinski definition) is 4. The van der Waals surface area contributed by atoms with Gasteiger partial charge in [0.2, 0.25) is 5.28 Å². The summed E-state index contributed by atoms with van der Waals surface area (Å²) in [6, 6.07) is 8.32. The van der Waals surface area contributed by atoms with E-state index in [9.17, 15) is 0 Å². The number of halogens is 1. The maximum Gasteiger partial charge on any atom is 0.226 e. The summed E-state index contributed by atoms with van der Waals surface area (Å²) in [5, 5.41) is 3.46. The molecule has 0 fully saturated rings. The van der Waals surface area contributed by atoms with Crippen molar-refractivity contribution in [2.45, 2.75) is 26.8 Å². The third-order valence-electron chi connectivity index (χ3n) is 3.26. The molecule has 0 saturated carbocycles. The highest BCUT2D eigenvalue weighted by Gasteiger charge is 2.14. The summed E-state index contributed by atoms with van der Waals surface area (Å²) in [4.78, 5) is 13.0. The fourth-order valence-electron chi connectivity index (χ4n) is 2.13. The molecule has 108 valence electrons. The van der Waals surface area contributed by atoms with Crippen LogP contribution in [0.3, 0.4) is 0 Å². The van der Waals surface area contributed by atoms with E-state index in [4.69, 9.17) is 11.6 Å². The van der Waals surface area contributed by atoms with Crippen LogP contribution >= 0.6 is 11.6 Å². The standard InChI is InChI=1S/C15H16ClN5/c1-9(2)21-8-17-12-13(19-15(16)20-14(12)21)18-11-6-4-10(3)5-7-11/h4-9H,1-3H3,(H,18,19,20). The van der Waals surface area contributed by atoms with E-state index in [0.29, 0.717) is 11.3 Å². The van der Waals surface area contributed by atoms with Crippen LogP contribution in [0.2, 0.25) is 5.28 Å².